The van der Waals surface area contributed by atoms with Crippen LogP contribution in [0.3, 0.4) is 0 Å². The van der Waals surface area contributed by atoms with E-state index in [9.17, 15) is 14.0 Å². The van der Waals surface area contributed by atoms with Crippen LogP contribution in [0.15, 0.2) is 97.3 Å². The Morgan fingerprint density at radius 3 is 2.27 bits per heavy atom. The zero-order chi connectivity index (χ0) is 28.1. The van der Waals surface area contributed by atoms with Gasteiger partial charge >= 0.3 is 5.97 Å². The van der Waals surface area contributed by atoms with E-state index in [1.165, 1.54) is 19.2 Å². The summed E-state index contributed by atoms with van der Waals surface area (Å²) in [7, 11) is 1.27. The molecule has 0 spiro atoms. The van der Waals surface area contributed by atoms with Gasteiger partial charge in [-0.15, -0.1) is 0 Å². The Kier molecular flexibility index (Phi) is 8.07. The van der Waals surface area contributed by atoms with E-state index in [0.29, 0.717) is 23.0 Å². The van der Waals surface area contributed by atoms with Gasteiger partial charge in [0.2, 0.25) is 0 Å². The van der Waals surface area contributed by atoms with E-state index in [0.717, 1.165) is 22.3 Å². The molecule has 0 radical (unpaired) electrons. The summed E-state index contributed by atoms with van der Waals surface area (Å²) in [5.41, 5.74) is 4.31. The molecular formula is C31H25ClFN3O4. The molecule has 0 aliphatic rings. The average molecular weight is 558 g/mol. The molecule has 1 atom stereocenters. The summed E-state index contributed by atoms with van der Waals surface area (Å²) in [5, 5.41) is 3.40. The van der Waals surface area contributed by atoms with Crippen molar-refractivity contribution in [2.75, 3.05) is 7.11 Å². The van der Waals surface area contributed by atoms with Crippen LogP contribution >= 0.6 is 11.6 Å². The third kappa shape index (κ3) is 6.47. The third-order valence-corrected chi connectivity index (χ3v) is 6.59. The minimum Gasteiger partial charge on any atom is -0.489 e. The molecule has 3 aromatic carbocycles. The number of hydrogen-bond acceptors (Lipinski definition) is 5. The quantitative estimate of drug-likeness (QED) is 0.229. The Morgan fingerprint density at radius 2 is 1.57 bits per heavy atom. The van der Waals surface area contributed by atoms with Crippen molar-refractivity contribution in [2.45, 2.75) is 19.1 Å². The molecule has 0 saturated heterocycles. The minimum absolute atomic E-state index is 0.173. The summed E-state index contributed by atoms with van der Waals surface area (Å²) in [4.78, 5) is 30.0. The molecule has 0 aliphatic carbocycles. The fourth-order valence-electron chi connectivity index (χ4n) is 4.19. The third-order valence-electron chi connectivity index (χ3n) is 6.33. The monoisotopic (exact) mass is 557 g/mol. The smallest absolute Gasteiger partial charge is 0.328 e. The molecule has 0 saturated carbocycles. The van der Waals surface area contributed by atoms with Gasteiger partial charge in [0.25, 0.3) is 5.91 Å². The van der Waals surface area contributed by atoms with Gasteiger partial charge in [-0.25, -0.2) is 14.2 Å². The van der Waals surface area contributed by atoms with Crippen LogP contribution in [0.25, 0.3) is 16.8 Å². The lowest BCUT2D eigenvalue weighted by Gasteiger charge is -2.16. The SMILES string of the molecule is COC(=O)[C@H](Cc1ccc(OCc2ccc(F)cc2)cc1)NC(=O)c1cn2cc(-c3ccc(Cl)cc3)ccc2n1. The van der Waals surface area contributed by atoms with E-state index >= 15 is 0 Å². The lowest BCUT2D eigenvalue weighted by atomic mass is 10.1. The summed E-state index contributed by atoms with van der Waals surface area (Å²) in [5.74, 6) is -0.746. The van der Waals surface area contributed by atoms with Gasteiger partial charge in [0.05, 0.1) is 7.11 Å². The van der Waals surface area contributed by atoms with E-state index in [2.05, 4.69) is 10.3 Å². The van der Waals surface area contributed by atoms with Gasteiger partial charge in [0, 0.05) is 23.8 Å². The first-order valence-electron chi connectivity index (χ1n) is 12.5. The Bertz CT molecular complexity index is 1630. The average Bonchev–Trinajstić information content (AvgIpc) is 3.41. The Balaban J connectivity index is 1.25. The molecule has 7 nitrogen and oxygen atoms in total. The number of hydrogen-bond donors (Lipinski definition) is 1. The number of aromatic nitrogens is 2. The number of rotatable bonds is 9. The van der Waals surface area contributed by atoms with Crippen LogP contribution in [0.4, 0.5) is 4.39 Å². The van der Waals surface area contributed by atoms with Crippen molar-refractivity contribution in [1.29, 1.82) is 0 Å². The highest BCUT2D eigenvalue weighted by molar-refractivity contribution is 6.30. The predicted octanol–water partition coefficient (Wildman–Crippen LogP) is 5.89. The number of ether oxygens (including phenoxy) is 2. The molecule has 9 heteroatoms. The number of pyridine rings is 1. The first-order chi connectivity index (χ1) is 19.4. The fourth-order valence-corrected chi connectivity index (χ4v) is 4.31. The molecule has 40 heavy (non-hydrogen) atoms. The second-order valence-electron chi connectivity index (χ2n) is 9.13. The molecule has 0 aliphatic heterocycles. The number of halogens is 2. The van der Waals surface area contributed by atoms with Crippen LogP contribution in [-0.4, -0.2) is 34.4 Å². The number of nitrogens with zero attached hydrogens (tertiary/aromatic N) is 2. The molecule has 5 rings (SSSR count). The zero-order valence-electron chi connectivity index (χ0n) is 21.5. The van der Waals surface area contributed by atoms with Gasteiger partial charge in [-0.05, 0) is 70.8 Å². The van der Waals surface area contributed by atoms with Crippen LogP contribution in [0, 0.1) is 5.82 Å². The number of carbonyl (C=O) groups excluding carboxylic acids is 2. The van der Waals surface area contributed by atoms with Crippen molar-refractivity contribution in [3.63, 3.8) is 0 Å². The maximum absolute atomic E-state index is 13.1. The van der Waals surface area contributed by atoms with Gasteiger partial charge in [0.15, 0.2) is 0 Å². The van der Waals surface area contributed by atoms with Crippen molar-refractivity contribution in [2.24, 2.45) is 0 Å². The van der Waals surface area contributed by atoms with Crippen molar-refractivity contribution in [3.8, 4) is 16.9 Å². The number of benzene rings is 3. The first-order valence-corrected chi connectivity index (χ1v) is 12.9. The Morgan fingerprint density at radius 1 is 0.900 bits per heavy atom. The molecule has 0 fully saturated rings. The largest absolute Gasteiger partial charge is 0.489 e. The van der Waals surface area contributed by atoms with Crippen LogP contribution in [0.5, 0.6) is 5.75 Å². The van der Waals surface area contributed by atoms with E-state index in [-0.39, 0.29) is 17.9 Å². The highest BCUT2D eigenvalue weighted by atomic mass is 35.5. The van der Waals surface area contributed by atoms with Crippen LogP contribution < -0.4 is 10.1 Å². The Hall–Kier alpha value is -4.69. The fraction of sp³-hybridized carbons (Fsp3) is 0.129. The Labute approximate surface area is 235 Å². The standard InChI is InChI=1S/C31H25ClFN3O4/c1-39-31(38)27(16-20-4-13-26(14-5-20)40-19-21-2-11-25(33)12-3-21)35-30(37)28-18-36-17-23(8-15-29(36)34-28)22-6-9-24(32)10-7-22/h2-15,17-18,27H,16,19H2,1H3,(H,35,37)/t27-/m0/s1. The van der Waals surface area contributed by atoms with E-state index < -0.39 is 17.9 Å². The maximum Gasteiger partial charge on any atom is 0.328 e. The predicted molar refractivity (Wildman–Crippen MR) is 150 cm³/mol. The summed E-state index contributed by atoms with van der Waals surface area (Å²) in [6.07, 6.45) is 3.70. The molecule has 2 aromatic heterocycles. The van der Waals surface area contributed by atoms with Crippen LogP contribution in [0.1, 0.15) is 21.6 Å². The number of carbonyl (C=O) groups is 2. The highest BCUT2D eigenvalue weighted by Gasteiger charge is 2.24. The number of methoxy groups -OCH3 is 1. The van der Waals surface area contributed by atoms with Crippen molar-refractivity contribution < 1.29 is 23.5 Å². The second kappa shape index (κ2) is 12.0. The van der Waals surface area contributed by atoms with Crippen molar-refractivity contribution >= 4 is 29.1 Å². The van der Waals surface area contributed by atoms with E-state index in [4.69, 9.17) is 21.1 Å². The topological polar surface area (TPSA) is 81.9 Å². The molecule has 1 N–H and O–H groups in total. The van der Waals surface area contributed by atoms with Gasteiger partial charge in [-0.2, -0.15) is 0 Å². The van der Waals surface area contributed by atoms with Crippen molar-refractivity contribution in [1.82, 2.24) is 14.7 Å². The zero-order valence-corrected chi connectivity index (χ0v) is 22.3. The summed E-state index contributed by atoms with van der Waals surface area (Å²) < 4.78 is 25.5. The number of nitrogens with one attached hydrogen (secondary N) is 1. The summed E-state index contributed by atoms with van der Waals surface area (Å²) in [6.45, 7) is 0.292. The lowest BCUT2D eigenvalue weighted by Crippen LogP contribution is -2.43. The maximum atomic E-state index is 13.1. The molecule has 202 valence electrons. The first kappa shape index (κ1) is 26.9. The molecule has 0 bridgehead atoms. The number of imidazole rings is 1. The van der Waals surface area contributed by atoms with Gasteiger partial charge in [0.1, 0.15) is 35.6 Å². The molecule has 2 heterocycles. The van der Waals surface area contributed by atoms with Gasteiger partial charge in [-0.1, -0.05) is 48.0 Å². The van der Waals surface area contributed by atoms with Crippen LogP contribution in [-0.2, 0) is 22.6 Å². The lowest BCUT2D eigenvalue weighted by molar-refractivity contribution is -0.142. The molecule has 5 aromatic rings. The minimum atomic E-state index is -0.919. The second-order valence-corrected chi connectivity index (χ2v) is 9.57. The van der Waals surface area contributed by atoms with Crippen LogP contribution in [0.2, 0.25) is 5.02 Å². The van der Waals surface area contributed by atoms with E-state index in [1.54, 1.807) is 34.9 Å². The van der Waals surface area contributed by atoms with Gasteiger partial charge in [-0.3, -0.25) is 4.79 Å². The molecule has 0 unspecified atom stereocenters. The number of fused-ring (bicyclic) bond motifs is 1. The van der Waals surface area contributed by atoms with Crippen molar-refractivity contribution in [3.05, 3.63) is 125 Å². The molecule has 1 amide bonds. The summed E-state index contributed by atoms with van der Waals surface area (Å²) >= 11 is 5.99. The van der Waals surface area contributed by atoms with E-state index in [1.807, 2.05) is 54.7 Å². The number of amides is 1. The van der Waals surface area contributed by atoms with Gasteiger partial charge < -0.3 is 19.2 Å². The summed E-state index contributed by atoms with van der Waals surface area (Å²) in [6, 6.07) is 23.5. The highest BCUT2D eigenvalue weighted by Crippen LogP contribution is 2.22. The molecular weight excluding hydrogens is 533 g/mol. The normalized spacial score (nSPS) is 11.7. The number of esters is 1.